The number of pyridine rings is 1. The van der Waals surface area contributed by atoms with Gasteiger partial charge < -0.3 is 0 Å². The molecule has 0 unspecified atom stereocenters. The highest BCUT2D eigenvalue weighted by atomic mass is 19.1. The molecule has 1 heterocycles. The van der Waals surface area contributed by atoms with E-state index < -0.39 is 0 Å². The van der Waals surface area contributed by atoms with Crippen LogP contribution in [0.5, 0.6) is 0 Å². The molecule has 1 aliphatic carbocycles. The van der Waals surface area contributed by atoms with Crippen molar-refractivity contribution < 1.29 is 4.39 Å². The van der Waals surface area contributed by atoms with Crippen molar-refractivity contribution in [1.82, 2.24) is 4.98 Å². The standard InChI is InChI=1S/C27H38FN/c1-3-5-6-7-8-9-10-22-13-17-25(26(28)19-22)27-18-16-24(20-29-27)23-14-11-21(4-2)12-15-23/h13,16-21,23H,3-12,14-15H2,1-2H3. The van der Waals surface area contributed by atoms with Crippen LogP contribution in [0, 0.1) is 11.7 Å². The maximum absolute atomic E-state index is 14.7. The fourth-order valence-electron chi connectivity index (χ4n) is 4.74. The van der Waals surface area contributed by atoms with Crippen LogP contribution in [-0.2, 0) is 6.42 Å². The zero-order valence-electron chi connectivity index (χ0n) is 18.4. The largest absolute Gasteiger partial charge is 0.256 e. The maximum atomic E-state index is 14.7. The molecule has 0 atom stereocenters. The average Bonchev–Trinajstić information content (AvgIpc) is 2.76. The minimum Gasteiger partial charge on any atom is -0.256 e. The number of hydrogen-bond acceptors (Lipinski definition) is 1. The van der Waals surface area contributed by atoms with Gasteiger partial charge in [0.25, 0.3) is 0 Å². The van der Waals surface area contributed by atoms with Crippen LogP contribution >= 0.6 is 0 Å². The lowest BCUT2D eigenvalue weighted by Gasteiger charge is -2.27. The molecule has 158 valence electrons. The average molecular weight is 396 g/mol. The van der Waals surface area contributed by atoms with Gasteiger partial charge >= 0.3 is 0 Å². The smallest absolute Gasteiger partial charge is 0.132 e. The van der Waals surface area contributed by atoms with Crippen molar-refractivity contribution in [3.8, 4) is 11.3 Å². The summed E-state index contributed by atoms with van der Waals surface area (Å²) in [6.07, 6.45) is 17.1. The third-order valence-electron chi connectivity index (χ3n) is 6.81. The van der Waals surface area contributed by atoms with Crippen LogP contribution in [0.25, 0.3) is 11.3 Å². The van der Waals surface area contributed by atoms with Crippen molar-refractivity contribution in [2.24, 2.45) is 5.92 Å². The van der Waals surface area contributed by atoms with Crippen molar-refractivity contribution in [2.45, 2.75) is 96.8 Å². The predicted molar refractivity (Wildman–Crippen MR) is 122 cm³/mol. The molecule has 1 nitrogen and oxygen atoms in total. The van der Waals surface area contributed by atoms with Crippen molar-refractivity contribution in [1.29, 1.82) is 0 Å². The molecule has 0 aliphatic heterocycles. The summed E-state index contributed by atoms with van der Waals surface area (Å²) < 4.78 is 14.7. The molecule has 3 rings (SSSR count). The summed E-state index contributed by atoms with van der Waals surface area (Å²) >= 11 is 0. The van der Waals surface area contributed by atoms with Crippen LogP contribution in [0.3, 0.4) is 0 Å². The molecule has 0 spiro atoms. The Morgan fingerprint density at radius 3 is 2.31 bits per heavy atom. The number of nitrogens with zero attached hydrogens (tertiary/aromatic N) is 1. The number of hydrogen-bond donors (Lipinski definition) is 0. The second-order valence-electron chi connectivity index (χ2n) is 8.93. The van der Waals surface area contributed by atoms with Gasteiger partial charge in [-0.05, 0) is 79.7 Å². The lowest BCUT2D eigenvalue weighted by Crippen LogP contribution is -2.12. The fraction of sp³-hybridized carbons (Fsp3) is 0.593. The molecular formula is C27H38FN. The van der Waals surface area contributed by atoms with Gasteiger partial charge in [0.1, 0.15) is 5.82 Å². The molecule has 1 aromatic heterocycles. The summed E-state index contributed by atoms with van der Waals surface area (Å²) in [4.78, 5) is 4.62. The topological polar surface area (TPSA) is 12.9 Å². The van der Waals surface area contributed by atoms with E-state index >= 15 is 0 Å². The summed E-state index contributed by atoms with van der Waals surface area (Å²) in [7, 11) is 0. The second-order valence-corrected chi connectivity index (χ2v) is 8.93. The molecule has 0 amide bonds. The van der Waals surface area contributed by atoms with E-state index in [1.54, 1.807) is 6.07 Å². The number of unbranched alkanes of at least 4 members (excludes halogenated alkanes) is 5. The van der Waals surface area contributed by atoms with Gasteiger partial charge in [-0.1, -0.05) is 64.5 Å². The summed E-state index contributed by atoms with van der Waals surface area (Å²) in [5.41, 5.74) is 3.80. The predicted octanol–water partition coefficient (Wildman–Crippen LogP) is 8.47. The van der Waals surface area contributed by atoms with E-state index in [2.05, 4.69) is 31.0 Å². The zero-order chi connectivity index (χ0) is 20.5. The van der Waals surface area contributed by atoms with Crippen molar-refractivity contribution >= 4 is 0 Å². The first kappa shape index (κ1) is 22.0. The Hall–Kier alpha value is -1.70. The fourth-order valence-corrected chi connectivity index (χ4v) is 4.74. The molecule has 1 saturated carbocycles. The van der Waals surface area contributed by atoms with Crippen LogP contribution in [0.15, 0.2) is 36.5 Å². The zero-order valence-corrected chi connectivity index (χ0v) is 18.4. The first-order chi connectivity index (χ1) is 14.2. The van der Waals surface area contributed by atoms with Gasteiger partial charge in [-0.15, -0.1) is 0 Å². The number of rotatable bonds is 10. The molecule has 0 radical (unpaired) electrons. The molecule has 2 aromatic rings. The normalized spacial score (nSPS) is 19.4. The molecule has 2 heteroatoms. The third-order valence-corrected chi connectivity index (χ3v) is 6.81. The Kier molecular flexibility index (Phi) is 8.70. The molecular weight excluding hydrogens is 357 g/mol. The van der Waals surface area contributed by atoms with E-state index in [9.17, 15) is 4.39 Å². The summed E-state index contributed by atoms with van der Waals surface area (Å²) in [5.74, 6) is 1.39. The van der Waals surface area contributed by atoms with Crippen LogP contribution < -0.4 is 0 Å². The molecule has 1 fully saturated rings. The first-order valence-corrected chi connectivity index (χ1v) is 12.0. The van der Waals surface area contributed by atoms with Crippen LogP contribution in [-0.4, -0.2) is 4.98 Å². The van der Waals surface area contributed by atoms with Gasteiger partial charge in [-0.2, -0.15) is 0 Å². The molecule has 0 N–H and O–H groups in total. The Balaban J connectivity index is 1.55. The quantitative estimate of drug-likeness (QED) is 0.368. The number of aryl methyl sites for hydroxylation is 1. The lowest BCUT2D eigenvalue weighted by molar-refractivity contribution is 0.318. The summed E-state index contributed by atoms with van der Waals surface area (Å²) in [5, 5.41) is 0. The van der Waals surface area contributed by atoms with E-state index in [4.69, 9.17) is 0 Å². The highest BCUT2D eigenvalue weighted by molar-refractivity contribution is 5.60. The summed E-state index contributed by atoms with van der Waals surface area (Å²) in [6.45, 7) is 4.54. The number of benzene rings is 1. The molecule has 1 aliphatic rings. The molecule has 1 aromatic carbocycles. The number of aromatic nitrogens is 1. The van der Waals surface area contributed by atoms with Crippen molar-refractivity contribution in [3.63, 3.8) is 0 Å². The van der Waals surface area contributed by atoms with Gasteiger partial charge in [-0.25, -0.2) is 4.39 Å². The van der Waals surface area contributed by atoms with E-state index in [0.717, 1.165) is 30.0 Å². The Morgan fingerprint density at radius 1 is 0.897 bits per heavy atom. The van der Waals surface area contributed by atoms with Gasteiger partial charge in [-0.3, -0.25) is 4.98 Å². The van der Waals surface area contributed by atoms with Crippen LogP contribution in [0.4, 0.5) is 4.39 Å². The van der Waals surface area contributed by atoms with Crippen LogP contribution in [0.1, 0.15) is 102 Å². The number of halogens is 1. The Labute approximate surface area is 177 Å². The van der Waals surface area contributed by atoms with E-state index in [1.807, 2.05) is 18.3 Å². The maximum Gasteiger partial charge on any atom is 0.132 e. The SMILES string of the molecule is CCCCCCCCc1ccc(-c2ccc(C3CCC(CC)CC3)cn2)c(F)c1. The third kappa shape index (κ3) is 6.39. The van der Waals surface area contributed by atoms with Gasteiger partial charge in [0.15, 0.2) is 0 Å². The van der Waals surface area contributed by atoms with E-state index in [1.165, 1.54) is 69.8 Å². The van der Waals surface area contributed by atoms with Crippen molar-refractivity contribution in [2.75, 3.05) is 0 Å². The van der Waals surface area contributed by atoms with Crippen molar-refractivity contribution in [3.05, 3.63) is 53.5 Å². The highest BCUT2D eigenvalue weighted by Crippen LogP contribution is 2.37. The minimum absolute atomic E-state index is 0.141. The second kappa shape index (κ2) is 11.5. The monoisotopic (exact) mass is 395 g/mol. The van der Waals surface area contributed by atoms with Gasteiger partial charge in [0, 0.05) is 11.8 Å². The molecule has 29 heavy (non-hydrogen) atoms. The molecule has 0 bridgehead atoms. The Bertz CT molecular complexity index is 729. The van der Waals surface area contributed by atoms with E-state index in [-0.39, 0.29) is 5.82 Å². The van der Waals surface area contributed by atoms with Crippen LogP contribution in [0.2, 0.25) is 0 Å². The Morgan fingerprint density at radius 2 is 1.66 bits per heavy atom. The lowest BCUT2D eigenvalue weighted by atomic mass is 9.78. The van der Waals surface area contributed by atoms with E-state index in [0.29, 0.717) is 11.5 Å². The first-order valence-electron chi connectivity index (χ1n) is 12.0. The molecule has 0 saturated heterocycles. The highest BCUT2D eigenvalue weighted by Gasteiger charge is 2.21. The van der Waals surface area contributed by atoms with Gasteiger partial charge in [0.2, 0.25) is 0 Å². The van der Waals surface area contributed by atoms with Gasteiger partial charge in [0.05, 0.1) is 5.69 Å². The minimum atomic E-state index is -0.141. The summed E-state index contributed by atoms with van der Waals surface area (Å²) in [6, 6.07) is 9.88.